The summed E-state index contributed by atoms with van der Waals surface area (Å²) >= 11 is 0. The molecule has 0 saturated heterocycles. The first kappa shape index (κ1) is 19.4. The number of nitrogens with one attached hydrogen (secondary N) is 2. The smallest absolute Gasteiger partial charge is 0.243 e. The van der Waals surface area contributed by atoms with Crippen molar-refractivity contribution in [1.82, 2.24) is 5.32 Å². The third-order valence-electron chi connectivity index (χ3n) is 4.54. The first-order valence-corrected chi connectivity index (χ1v) is 9.44. The van der Waals surface area contributed by atoms with Crippen molar-refractivity contribution >= 4 is 17.5 Å². The molecule has 0 aliphatic carbocycles. The van der Waals surface area contributed by atoms with Crippen molar-refractivity contribution in [2.24, 2.45) is 0 Å². The molecule has 0 radical (unpaired) electrons. The standard InChI is InChI=1S/C24H24N2O2/c1-2-19-8-6-7-11-22(19)26-24(28)17-25-23(27)16-18-12-14-21(15-13-18)20-9-4-3-5-10-20/h3-15H,2,16-17H2,1H3,(H,25,27)(H,26,28). The number of carbonyl (C=O) groups excluding carboxylic acids is 2. The first-order valence-electron chi connectivity index (χ1n) is 9.44. The Balaban J connectivity index is 1.49. The lowest BCUT2D eigenvalue weighted by molar-refractivity contribution is -0.123. The molecule has 0 fully saturated rings. The van der Waals surface area contributed by atoms with Gasteiger partial charge in [-0.25, -0.2) is 0 Å². The minimum absolute atomic E-state index is 0.0427. The van der Waals surface area contributed by atoms with Gasteiger partial charge in [0, 0.05) is 5.69 Å². The van der Waals surface area contributed by atoms with Gasteiger partial charge in [-0.2, -0.15) is 0 Å². The van der Waals surface area contributed by atoms with Crippen LogP contribution in [0, 0.1) is 0 Å². The zero-order chi connectivity index (χ0) is 19.8. The summed E-state index contributed by atoms with van der Waals surface area (Å²) in [6.45, 7) is 1.99. The average Bonchev–Trinajstić information content (AvgIpc) is 2.74. The molecule has 2 amide bonds. The van der Waals surface area contributed by atoms with Crippen molar-refractivity contribution in [3.8, 4) is 11.1 Å². The summed E-state index contributed by atoms with van der Waals surface area (Å²) in [5.41, 5.74) is 5.02. The number of rotatable bonds is 7. The highest BCUT2D eigenvalue weighted by Gasteiger charge is 2.09. The van der Waals surface area contributed by atoms with E-state index >= 15 is 0 Å². The fourth-order valence-electron chi connectivity index (χ4n) is 3.02. The summed E-state index contributed by atoms with van der Waals surface area (Å²) in [6.07, 6.45) is 1.08. The Kier molecular flexibility index (Phi) is 6.58. The van der Waals surface area contributed by atoms with Crippen molar-refractivity contribution in [1.29, 1.82) is 0 Å². The molecule has 3 rings (SSSR count). The molecule has 0 unspecified atom stereocenters. The monoisotopic (exact) mass is 372 g/mol. The van der Waals surface area contributed by atoms with Crippen LogP contribution in [0.3, 0.4) is 0 Å². The zero-order valence-electron chi connectivity index (χ0n) is 15.9. The number of amides is 2. The SMILES string of the molecule is CCc1ccccc1NC(=O)CNC(=O)Cc1ccc(-c2ccccc2)cc1. The molecule has 3 aromatic rings. The van der Waals surface area contributed by atoms with Gasteiger partial charge in [-0.3, -0.25) is 9.59 Å². The molecule has 2 N–H and O–H groups in total. The van der Waals surface area contributed by atoms with Gasteiger partial charge in [0.05, 0.1) is 13.0 Å². The van der Waals surface area contributed by atoms with E-state index < -0.39 is 0 Å². The van der Waals surface area contributed by atoms with E-state index in [0.717, 1.165) is 34.4 Å². The van der Waals surface area contributed by atoms with Gasteiger partial charge in [-0.15, -0.1) is 0 Å². The molecule has 4 nitrogen and oxygen atoms in total. The minimum Gasteiger partial charge on any atom is -0.347 e. The topological polar surface area (TPSA) is 58.2 Å². The number of aryl methyl sites for hydroxylation is 1. The van der Waals surface area contributed by atoms with Crippen LogP contribution in [0.5, 0.6) is 0 Å². The van der Waals surface area contributed by atoms with Crippen LogP contribution in [0.2, 0.25) is 0 Å². The van der Waals surface area contributed by atoms with E-state index in [1.807, 2.05) is 73.7 Å². The van der Waals surface area contributed by atoms with E-state index in [9.17, 15) is 9.59 Å². The molecular formula is C24H24N2O2. The van der Waals surface area contributed by atoms with Gasteiger partial charge in [-0.05, 0) is 34.7 Å². The van der Waals surface area contributed by atoms with Crippen molar-refractivity contribution < 1.29 is 9.59 Å². The highest BCUT2D eigenvalue weighted by Crippen LogP contribution is 2.19. The summed E-state index contributed by atoms with van der Waals surface area (Å²) < 4.78 is 0. The molecular weight excluding hydrogens is 348 g/mol. The molecule has 28 heavy (non-hydrogen) atoms. The lowest BCUT2D eigenvalue weighted by atomic mass is 10.0. The van der Waals surface area contributed by atoms with Crippen molar-refractivity contribution in [2.45, 2.75) is 19.8 Å². The van der Waals surface area contributed by atoms with Gasteiger partial charge >= 0.3 is 0 Å². The number of anilines is 1. The van der Waals surface area contributed by atoms with E-state index in [-0.39, 0.29) is 24.8 Å². The summed E-state index contributed by atoms with van der Waals surface area (Å²) in [7, 11) is 0. The van der Waals surface area contributed by atoms with Gasteiger partial charge in [0.2, 0.25) is 11.8 Å². The van der Waals surface area contributed by atoms with Crippen molar-refractivity contribution in [2.75, 3.05) is 11.9 Å². The van der Waals surface area contributed by atoms with Gasteiger partial charge in [0.15, 0.2) is 0 Å². The highest BCUT2D eigenvalue weighted by molar-refractivity contribution is 5.95. The van der Waals surface area contributed by atoms with E-state index in [2.05, 4.69) is 22.8 Å². The Morgan fingerprint density at radius 3 is 2.11 bits per heavy atom. The van der Waals surface area contributed by atoms with Crippen LogP contribution in [-0.2, 0) is 22.4 Å². The molecule has 0 aliphatic heterocycles. The maximum atomic E-state index is 12.2. The van der Waals surface area contributed by atoms with Crippen LogP contribution in [0.15, 0.2) is 78.9 Å². The van der Waals surface area contributed by atoms with E-state index in [4.69, 9.17) is 0 Å². The number of hydrogen-bond donors (Lipinski definition) is 2. The Bertz CT molecular complexity index is 934. The molecule has 0 heterocycles. The molecule has 0 atom stereocenters. The van der Waals surface area contributed by atoms with Crippen LogP contribution < -0.4 is 10.6 Å². The van der Waals surface area contributed by atoms with Gasteiger partial charge in [0.1, 0.15) is 0 Å². The summed E-state index contributed by atoms with van der Waals surface area (Å²) in [4.78, 5) is 24.3. The van der Waals surface area contributed by atoms with Gasteiger partial charge in [-0.1, -0.05) is 79.7 Å². The molecule has 0 aliphatic rings. The first-order chi connectivity index (χ1) is 13.7. The van der Waals surface area contributed by atoms with E-state index in [0.29, 0.717) is 0 Å². The summed E-state index contributed by atoms with van der Waals surface area (Å²) in [5, 5.41) is 5.54. The third-order valence-corrected chi connectivity index (χ3v) is 4.54. The van der Waals surface area contributed by atoms with Crippen LogP contribution >= 0.6 is 0 Å². The molecule has 142 valence electrons. The number of hydrogen-bond acceptors (Lipinski definition) is 2. The van der Waals surface area contributed by atoms with Crippen molar-refractivity contribution in [3.63, 3.8) is 0 Å². The molecule has 0 aromatic heterocycles. The Morgan fingerprint density at radius 2 is 1.39 bits per heavy atom. The van der Waals surface area contributed by atoms with Gasteiger partial charge in [0.25, 0.3) is 0 Å². The lowest BCUT2D eigenvalue weighted by Gasteiger charge is -2.10. The quantitative estimate of drug-likeness (QED) is 0.653. The van der Waals surface area contributed by atoms with Crippen LogP contribution in [0.1, 0.15) is 18.1 Å². The second kappa shape index (κ2) is 9.51. The van der Waals surface area contributed by atoms with E-state index in [1.54, 1.807) is 0 Å². The molecule has 3 aromatic carbocycles. The maximum absolute atomic E-state index is 12.2. The Hall–Kier alpha value is -3.40. The fraction of sp³-hybridized carbons (Fsp3) is 0.167. The molecule has 0 spiro atoms. The van der Waals surface area contributed by atoms with Crippen molar-refractivity contribution in [3.05, 3.63) is 90.0 Å². The predicted molar refractivity (Wildman–Crippen MR) is 113 cm³/mol. The van der Waals surface area contributed by atoms with Gasteiger partial charge < -0.3 is 10.6 Å². The normalized spacial score (nSPS) is 10.3. The number of para-hydroxylation sites is 1. The third kappa shape index (κ3) is 5.30. The Labute approximate surface area is 165 Å². The maximum Gasteiger partial charge on any atom is 0.243 e. The fourth-order valence-corrected chi connectivity index (χ4v) is 3.02. The number of benzene rings is 3. The zero-order valence-corrected chi connectivity index (χ0v) is 15.9. The number of carbonyl (C=O) groups is 2. The summed E-state index contributed by atoms with van der Waals surface area (Å²) in [5.74, 6) is -0.403. The van der Waals surface area contributed by atoms with Crippen LogP contribution in [0.25, 0.3) is 11.1 Å². The highest BCUT2D eigenvalue weighted by atomic mass is 16.2. The van der Waals surface area contributed by atoms with E-state index in [1.165, 1.54) is 0 Å². The molecule has 4 heteroatoms. The second-order valence-electron chi connectivity index (χ2n) is 6.58. The summed E-state index contributed by atoms with van der Waals surface area (Å²) in [6, 6.07) is 25.7. The minimum atomic E-state index is -0.228. The van der Waals surface area contributed by atoms with Crippen LogP contribution in [0.4, 0.5) is 5.69 Å². The molecule has 0 bridgehead atoms. The second-order valence-corrected chi connectivity index (χ2v) is 6.58. The Morgan fingerprint density at radius 1 is 0.750 bits per heavy atom. The lowest BCUT2D eigenvalue weighted by Crippen LogP contribution is -2.33. The van der Waals surface area contributed by atoms with Crippen LogP contribution in [-0.4, -0.2) is 18.4 Å². The molecule has 0 saturated carbocycles. The predicted octanol–water partition coefficient (Wildman–Crippen LogP) is 4.21. The largest absolute Gasteiger partial charge is 0.347 e. The average molecular weight is 372 g/mol.